The van der Waals surface area contributed by atoms with E-state index in [0.717, 1.165) is 18.3 Å². The Balaban J connectivity index is 3.05. The van der Waals surface area contributed by atoms with Crippen molar-refractivity contribution in [3.05, 3.63) is 45.8 Å². The number of hydrogen-bond acceptors (Lipinski definition) is 2. The fourth-order valence-electron chi connectivity index (χ4n) is 2.10. The summed E-state index contributed by atoms with van der Waals surface area (Å²) in [5, 5.41) is 8.51. The van der Waals surface area contributed by atoms with E-state index in [1.54, 1.807) is 6.92 Å². The van der Waals surface area contributed by atoms with Gasteiger partial charge in [0.25, 0.3) is 0 Å². The Bertz CT molecular complexity index is 752. The number of pyridine rings is 1. The van der Waals surface area contributed by atoms with Crippen molar-refractivity contribution in [3.63, 3.8) is 0 Å². The molecule has 0 aliphatic carbocycles. The Kier molecular flexibility index (Phi) is 3.57. The van der Waals surface area contributed by atoms with Crippen LogP contribution in [0.15, 0.2) is 23.1 Å². The van der Waals surface area contributed by atoms with Crippen LogP contribution >= 0.6 is 0 Å². The highest BCUT2D eigenvalue weighted by molar-refractivity contribution is 5.93. The molecule has 6 heteroatoms. The highest BCUT2D eigenvalue weighted by Gasteiger charge is 2.21. The van der Waals surface area contributed by atoms with Gasteiger partial charge >= 0.3 is 5.97 Å². The van der Waals surface area contributed by atoms with E-state index in [4.69, 9.17) is 5.11 Å². The van der Waals surface area contributed by atoms with Crippen molar-refractivity contribution in [3.8, 4) is 0 Å². The van der Waals surface area contributed by atoms with E-state index in [9.17, 15) is 18.4 Å². The molecule has 1 atom stereocenters. The Hall–Kier alpha value is -2.24. The second kappa shape index (κ2) is 5.03. The highest BCUT2D eigenvalue weighted by atomic mass is 19.1. The van der Waals surface area contributed by atoms with Gasteiger partial charge in [0.15, 0.2) is 0 Å². The minimum Gasteiger partial charge on any atom is -0.477 e. The number of hydrogen-bond donors (Lipinski definition) is 1. The molecule has 106 valence electrons. The molecule has 0 amide bonds. The Morgan fingerprint density at radius 1 is 1.35 bits per heavy atom. The average molecular weight is 281 g/mol. The van der Waals surface area contributed by atoms with E-state index in [-0.39, 0.29) is 11.6 Å². The zero-order valence-corrected chi connectivity index (χ0v) is 11.0. The summed E-state index contributed by atoms with van der Waals surface area (Å²) >= 11 is 0. The first kappa shape index (κ1) is 14.2. The molecule has 1 unspecified atom stereocenters. The molecule has 1 aromatic heterocycles. The summed E-state index contributed by atoms with van der Waals surface area (Å²) in [6.07, 6.45) is 1.65. The fourth-order valence-corrected chi connectivity index (χ4v) is 2.10. The number of carbonyl (C=O) groups is 1. The molecule has 0 saturated carbocycles. The lowest BCUT2D eigenvalue weighted by atomic mass is 10.1. The Morgan fingerprint density at radius 2 is 1.95 bits per heavy atom. The number of carboxylic acid groups (broad SMARTS) is 1. The van der Waals surface area contributed by atoms with Crippen molar-refractivity contribution in [2.45, 2.75) is 26.3 Å². The van der Waals surface area contributed by atoms with Crippen molar-refractivity contribution >= 4 is 16.9 Å². The van der Waals surface area contributed by atoms with Gasteiger partial charge in [-0.05, 0) is 25.5 Å². The summed E-state index contributed by atoms with van der Waals surface area (Å²) in [5.74, 6) is -3.14. The third-order valence-corrected chi connectivity index (χ3v) is 3.37. The van der Waals surface area contributed by atoms with Gasteiger partial charge in [0, 0.05) is 12.2 Å². The van der Waals surface area contributed by atoms with Crippen LogP contribution in [0.4, 0.5) is 8.78 Å². The first-order valence-corrected chi connectivity index (χ1v) is 6.14. The molecule has 1 N–H and O–H groups in total. The Morgan fingerprint density at radius 3 is 2.50 bits per heavy atom. The third-order valence-electron chi connectivity index (χ3n) is 3.37. The zero-order valence-electron chi connectivity index (χ0n) is 11.0. The summed E-state index contributed by atoms with van der Waals surface area (Å²) in [7, 11) is 0. The first-order valence-electron chi connectivity index (χ1n) is 6.14. The number of halogens is 2. The highest BCUT2D eigenvalue weighted by Crippen LogP contribution is 2.23. The van der Waals surface area contributed by atoms with Gasteiger partial charge in [-0.3, -0.25) is 4.79 Å². The molecule has 0 spiro atoms. The van der Waals surface area contributed by atoms with Gasteiger partial charge in [0.2, 0.25) is 5.43 Å². The second-order valence-electron chi connectivity index (χ2n) is 4.59. The number of fused-ring (bicyclic) bond motifs is 1. The molecular weight excluding hydrogens is 268 g/mol. The summed E-state index contributed by atoms with van der Waals surface area (Å²) in [6.45, 7) is 3.56. The van der Waals surface area contributed by atoms with Gasteiger partial charge in [0.05, 0.1) is 10.9 Å². The molecule has 2 aromatic rings. The van der Waals surface area contributed by atoms with Gasteiger partial charge in [-0.25, -0.2) is 13.6 Å². The number of aromatic carboxylic acids is 1. The van der Waals surface area contributed by atoms with Crippen LogP contribution < -0.4 is 5.43 Å². The smallest absolute Gasteiger partial charge is 0.341 e. The van der Waals surface area contributed by atoms with Crippen molar-refractivity contribution < 1.29 is 18.7 Å². The van der Waals surface area contributed by atoms with Gasteiger partial charge in [0.1, 0.15) is 17.2 Å². The van der Waals surface area contributed by atoms with Crippen LogP contribution in [0.25, 0.3) is 10.9 Å². The summed E-state index contributed by atoms with van der Waals surface area (Å²) < 4.78 is 29.1. The molecule has 0 radical (unpaired) electrons. The average Bonchev–Trinajstić information content (AvgIpc) is 2.41. The number of benzene rings is 1. The van der Waals surface area contributed by atoms with Crippen LogP contribution in [0.3, 0.4) is 0 Å². The van der Waals surface area contributed by atoms with Gasteiger partial charge < -0.3 is 9.67 Å². The topological polar surface area (TPSA) is 59.3 Å². The van der Waals surface area contributed by atoms with Gasteiger partial charge in [-0.1, -0.05) is 6.92 Å². The van der Waals surface area contributed by atoms with E-state index in [0.29, 0.717) is 6.42 Å². The van der Waals surface area contributed by atoms with Crippen LogP contribution in [0.1, 0.15) is 36.7 Å². The standard InChI is InChI=1S/C14H13F2NO3/c1-3-7(2)17-6-8(14(19)20)13(18)11-9(15)4-5-10(16)12(11)17/h4-7H,3H2,1-2H3,(H,19,20). The maximum Gasteiger partial charge on any atom is 0.341 e. The maximum atomic E-state index is 14.0. The summed E-state index contributed by atoms with van der Waals surface area (Å²) in [5.41, 5.74) is -1.78. The molecular formula is C14H13F2NO3. The molecule has 0 aliphatic rings. The minimum absolute atomic E-state index is 0.200. The molecule has 0 bridgehead atoms. The first-order chi connectivity index (χ1) is 9.38. The molecule has 1 aromatic carbocycles. The number of nitrogens with zero attached hydrogens (tertiary/aromatic N) is 1. The predicted octanol–water partition coefficient (Wildman–Crippen LogP) is 2.95. The third kappa shape index (κ3) is 2.07. The van der Waals surface area contributed by atoms with E-state index in [2.05, 4.69) is 0 Å². The van der Waals surface area contributed by atoms with Crippen molar-refractivity contribution in [1.82, 2.24) is 4.57 Å². The van der Waals surface area contributed by atoms with Crippen LogP contribution in [0, 0.1) is 11.6 Å². The monoisotopic (exact) mass is 281 g/mol. The van der Waals surface area contributed by atoms with Crippen LogP contribution in [0.2, 0.25) is 0 Å². The number of carboxylic acids is 1. The number of rotatable bonds is 3. The lowest BCUT2D eigenvalue weighted by Crippen LogP contribution is -2.21. The summed E-state index contributed by atoms with van der Waals surface area (Å²) in [6, 6.07) is 1.48. The van der Waals surface area contributed by atoms with Crippen molar-refractivity contribution in [1.29, 1.82) is 0 Å². The normalized spacial score (nSPS) is 12.6. The summed E-state index contributed by atoms with van der Waals surface area (Å²) in [4.78, 5) is 23.1. The molecule has 0 saturated heterocycles. The van der Waals surface area contributed by atoms with Gasteiger partial charge in [-0.15, -0.1) is 0 Å². The van der Waals surface area contributed by atoms with E-state index in [1.807, 2.05) is 6.92 Å². The molecule has 20 heavy (non-hydrogen) atoms. The zero-order chi connectivity index (χ0) is 15.0. The van der Waals surface area contributed by atoms with Crippen LogP contribution in [0.5, 0.6) is 0 Å². The van der Waals surface area contributed by atoms with Crippen LogP contribution in [-0.4, -0.2) is 15.6 Å². The fraction of sp³-hybridized carbons (Fsp3) is 0.286. The van der Waals surface area contributed by atoms with E-state index in [1.165, 1.54) is 4.57 Å². The van der Waals surface area contributed by atoms with Crippen molar-refractivity contribution in [2.24, 2.45) is 0 Å². The van der Waals surface area contributed by atoms with E-state index >= 15 is 0 Å². The predicted molar refractivity (Wildman–Crippen MR) is 70.1 cm³/mol. The quantitative estimate of drug-likeness (QED) is 0.941. The van der Waals surface area contributed by atoms with Crippen molar-refractivity contribution in [2.75, 3.05) is 0 Å². The molecule has 0 aliphatic heterocycles. The lowest BCUT2D eigenvalue weighted by Gasteiger charge is -2.18. The number of aromatic nitrogens is 1. The minimum atomic E-state index is -1.46. The maximum absolute atomic E-state index is 14.0. The molecule has 0 fully saturated rings. The van der Waals surface area contributed by atoms with E-state index < -0.39 is 34.0 Å². The molecule has 1 heterocycles. The van der Waals surface area contributed by atoms with Gasteiger partial charge in [-0.2, -0.15) is 0 Å². The largest absolute Gasteiger partial charge is 0.477 e. The second-order valence-corrected chi connectivity index (χ2v) is 4.59. The molecule has 2 rings (SSSR count). The Labute approximate surface area is 113 Å². The van der Waals surface area contributed by atoms with Crippen LogP contribution in [-0.2, 0) is 0 Å². The molecule has 4 nitrogen and oxygen atoms in total. The lowest BCUT2D eigenvalue weighted by molar-refractivity contribution is 0.0694. The SMILES string of the molecule is CCC(C)n1cc(C(=O)O)c(=O)c2c(F)ccc(F)c21.